The summed E-state index contributed by atoms with van der Waals surface area (Å²) in [6.07, 6.45) is 3.28. The molecule has 3 heteroatoms. The van der Waals surface area contributed by atoms with Gasteiger partial charge in [0.25, 0.3) is 0 Å². The number of hydrogen-bond donors (Lipinski definition) is 0. The second-order valence-electron chi connectivity index (χ2n) is 4.80. The van der Waals surface area contributed by atoms with Crippen molar-refractivity contribution in [3.8, 4) is 0 Å². The number of halogens is 2. The van der Waals surface area contributed by atoms with E-state index in [0.29, 0.717) is 15.6 Å². The molecule has 2 aromatic carbocycles. The van der Waals surface area contributed by atoms with Crippen molar-refractivity contribution in [1.82, 2.24) is 0 Å². The van der Waals surface area contributed by atoms with Gasteiger partial charge in [0, 0.05) is 11.1 Å². The molecule has 96 valence electrons. The Bertz CT molecular complexity index is 664. The van der Waals surface area contributed by atoms with E-state index >= 15 is 0 Å². The fourth-order valence-corrected chi connectivity index (χ4v) is 2.76. The largest absolute Gasteiger partial charge is 0.289 e. The first-order chi connectivity index (χ1) is 9.15. The van der Waals surface area contributed by atoms with Crippen LogP contribution in [0.2, 0.25) is 0 Å². The van der Waals surface area contributed by atoms with Crippen LogP contribution in [0.3, 0.4) is 0 Å². The van der Waals surface area contributed by atoms with Gasteiger partial charge in [0.1, 0.15) is 5.82 Å². The zero-order valence-electron chi connectivity index (χ0n) is 10.2. The summed E-state index contributed by atoms with van der Waals surface area (Å²) in [4.78, 5) is 12.3. The van der Waals surface area contributed by atoms with Crippen LogP contribution in [0.15, 0.2) is 40.9 Å². The lowest BCUT2D eigenvalue weighted by Gasteiger charge is -2.05. The third-order valence-electron chi connectivity index (χ3n) is 3.54. The molecular formula is C16H12BrFO. The van der Waals surface area contributed by atoms with Gasteiger partial charge in [-0.25, -0.2) is 4.39 Å². The lowest BCUT2D eigenvalue weighted by molar-refractivity contribution is 0.103. The van der Waals surface area contributed by atoms with Gasteiger partial charge in [-0.05, 0) is 70.6 Å². The molecule has 3 rings (SSSR count). The summed E-state index contributed by atoms with van der Waals surface area (Å²) in [5.41, 5.74) is 3.61. The molecule has 0 aliphatic heterocycles. The van der Waals surface area contributed by atoms with Gasteiger partial charge in [0.2, 0.25) is 0 Å². The molecule has 0 saturated carbocycles. The molecule has 0 N–H and O–H groups in total. The third kappa shape index (κ3) is 2.35. The first-order valence-corrected chi connectivity index (χ1v) is 7.06. The van der Waals surface area contributed by atoms with E-state index in [1.165, 1.54) is 17.2 Å². The summed E-state index contributed by atoms with van der Waals surface area (Å²) >= 11 is 3.09. The van der Waals surface area contributed by atoms with Gasteiger partial charge in [0.15, 0.2) is 5.78 Å². The maximum Gasteiger partial charge on any atom is 0.193 e. The molecule has 0 radical (unpaired) electrons. The molecule has 2 aromatic rings. The fraction of sp³-hybridized carbons (Fsp3) is 0.188. The average molecular weight is 319 g/mol. The molecule has 19 heavy (non-hydrogen) atoms. The summed E-state index contributed by atoms with van der Waals surface area (Å²) in [6.45, 7) is 0. The van der Waals surface area contributed by atoms with Crippen LogP contribution in [0.4, 0.5) is 4.39 Å². The minimum atomic E-state index is -0.410. The molecule has 1 aliphatic carbocycles. The second kappa shape index (κ2) is 4.89. The number of hydrogen-bond acceptors (Lipinski definition) is 1. The minimum Gasteiger partial charge on any atom is -0.289 e. The molecule has 1 aliphatic rings. The molecule has 0 amide bonds. The topological polar surface area (TPSA) is 17.1 Å². The van der Waals surface area contributed by atoms with Crippen LogP contribution >= 0.6 is 15.9 Å². The Morgan fingerprint density at radius 3 is 2.47 bits per heavy atom. The SMILES string of the molecule is O=C(c1ccc(Br)c(F)c1)c1ccc2c(c1)CCC2. The first-order valence-electron chi connectivity index (χ1n) is 6.27. The van der Waals surface area contributed by atoms with E-state index in [-0.39, 0.29) is 5.78 Å². The van der Waals surface area contributed by atoms with Gasteiger partial charge < -0.3 is 0 Å². The highest BCUT2D eigenvalue weighted by molar-refractivity contribution is 9.10. The Morgan fingerprint density at radius 2 is 1.68 bits per heavy atom. The maximum atomic E-state index is 13.5. The Kier molecular flexibility index (Phi) is 3.23. The van der Waals surface area contributed by atoms with Crippen molar-refractivity contribution in [3.05, 3.63) is 68.9 Å². The lowest BCUT2D eigenvalue weighted by Crippen LogP contribution is -2.03. The van der Waals surface area contributed by atoms with Crippen LogP contribution in [-0.2, 0) is 12.8 Å². The Hall–Kier alpha value is -1.48. The first kappa shape index (κ1) is 12.5. The molecule has 0 fully saturated rings. The van der Waals surface area contributed by atoms with Crippen molar-refractivity contribution in [3.63, 3.8) is 0 Å². The van der Waals surface area contributed by atoms with Gasteiger partial charge in [-0.15, -0.1) is 0 Å². The molecular weight excluding hydrogens is 307 g/mol. The molecule has 1 nitrogen and oxygen atoms in total. The highest BCUT2D eigenvalue weighted by atomic mass is 79.9. The van der Waals surface area contributed by atoms with Gasteiger partial charge >= 0.3 is 0 Å². The number of aryl methyl sites for hydroxylation is 2. The van der Waals surface area contributed by atoms with Crippen molar-refractivity contribution in [2.75, 3.05) is 0 Å². The van der Waals surface area contributed by atoms with Crippen molar-refractivity contribution in [2.24, 2.45) is 0 Å². The van der Waals surface area contributed by atoms with E-state index in [9.17, 15) is 9.18 Å². The van der Waals surface area contributed by atoms with Crippen LogP contribution in [0.5, 0.6) is 0 Å². The summed E-state index contributed by atoms with van der Waals surface area (Å²) in [5.74, 6) is -0.534. The van der Waals surface area contributed by atoms with E-state index in [4.69, 9.17) is 0 Å². The average Bonchev–Trinajstić information content (AvgIpc) is 2.88. The molecule has 0 bridgehead atoms. The summed E-state index contributed by atoms with van der Waals surface area (Å²) in [7, 11) is 0. The zero-order chi connectivity index (χ0) is 13.4. The molecule has 0 unspecified atom stereocenters. The number of carbonyl (C=O) groups excluding carboxylic acids is 1. The van der Waals surface area contributed by atoms with E-state index in [0.717, 1.165) is 19.3 Å². The van der Waals surface area contributed by atoms with Crippen molar-refractivity contribution in [1.29, 1.82) is 0 Å². The number of rotatable bonds is 2. The third-order valence-corrected chi connectivity index (χ3v) is 4.19. The Labute approximate surface area is 119 Å². The normalized spacial score (nSPS) is 13.4. The Morgan fingerprint density at radius 1 is 1.00 bits per heavy atom. The van der Waals surface area contributed by atoms with Gasteiger partial charge in [-0.1, -0.05) is 12.1 Å². The molecule has 0 saturated heterocycles. The van der Waals surface area contributed by atoms with Crippen molar-refractivity contribution >= 4 is 21.7 Å². The Balaban J connectivity index is 1.97. The second-order valence-corrected chi connectivity index (χ2v) is 5.65. The highest BCUT2D eigenvalue weighted by Gasteiger charge is 2.15. The molecule has 0 spiro atoms. The van der Waals surface area contributed by atoms with Crippen LogP contribution in [0, 0.1) is 5.82 Å². The smallest absolute Gasteiger partial charge is 0.193 e. The summed E-state index contributed by atoms with van der Waals surface area (Å²) in [5, 5.41) is 0. The van der Waals surface area contributed by atoms with E-state index in [2.05, 4.69) is 15.9 Å². The van der Waals surface area contributed by atoms with Gasteiger partial charge in [0.05, 0.1) is 4.47 Å². The quantitative estimate of drug-likeness (QED) is 0.754. The predicted octanol–water partition coefficient (Wildman–Crippen LogP) is 4.31. The molecule has 0 atom stereocenters. The van der Waals surface area contributed by atoms with Crippen LogP contribution in [0.1, 0.15) is 33.5 Å². The molecule has 0 aromatic heterocycles. The van der Waals surface area contributed by atoms with Crippen molar-refractivity contribution < 1.29 is 9.18 Å². The van der Waals surface area contributed by atoms with Crippen molar-refractivity contribution in [2.45, 2.75) is 19.3 Å². The zero-order valence-corrected chi connectivity index (χ0v) is 11.8. The monoisotopic (exact) mass is 318 g/mol. The number of benzene rings is 2. The van der Waals surface area contributed by atoms with E-state index < -0.39 is 5.82 Å². The molecule has 0 heterocycles. The van der Waals surface area contributed by atoms with Crippen LogP contribution in [-0.4, -0.2) is 5.78 Å². The van der Waals surface area contributed by atoms with Gasteiger partial charge in [-0.2, -0.15) is 0 Å². The number of carbonyl (C=O) groups is 1. The van der Waals surface area contributed by atoms with Crippen LogP contribution < -0.4 is 0 Å². The summed E-state index contributed by atoms with van der Waals surface area (Å²) in [6, 6.07) is 10.3. The number of fused-ring (bicyclic) bond motifs is 1. The fourth-order valence-electron chi connectivity index (χ4n) is 2.52. The maximum absolute atomic E-state index is 13.5. The summed E-state index contributed by atoms with van der Waals surface area (Å²) < 4.78 is 13.8. The predicted molar refractivity (Wildman–Crippen MR) is 76.0 cm³/mol. The van der Waals surface area contributed by atoms with Gasteiger partial charge in [-0.3, -0.25) is 4.79 Å². The van der Waals surface area contributed by atoms with E-state index in [1.54, 1.807) is 12.1 Å². The lowest BCUT2D eigenvalue weighted by atomic mass is 9.99. The van der Waals surface area contributed by atoms with E-state index in [1.807, 2.05) is 18.2 Å². The standard InChI is InChI=1S/C16H12BrFO/c17-14-7-6-13(9-15(14)18)16(19)12-5-4-10-2-1-3-11(10)8-12/h4-9H,1-3H2. The number of ketones is 1. The minimum absolute atomic E-state index is 0.124. The highest BCUT2D eigenvalue weighted by Crippen LogP contribution is 2.24. The van der Waals surface area contributed by atoms with Crippen LogP contribution in [0.25, 0.3) is 0 Å².